The Kier molecular flexibility index (Phi) is 5.04. The first kappa shape index (κ1) is 15.3. The molecule has 0 radical (unpaired) electrons. The molecule has 2 aromatic carbocycles. The summed E-state index contributed by atoms with van der Waals surface area (Å²) in [4.78, 5) is 0. The average Bonchev–Trinajstić information content (AvgIpc) is 2.42. The van der Waals surface area contributed by atoms with Gasteiger partial charge in [-0.1, -0.05) is 55.6 Å². The number of hydrogen-bond donors (Lipinski definition) is 0. The van der Waals surface area contributed by atoms with E-state index in [0.717, 1.165) is 25.6 Å². The van der Waals surface area contributed by atoms with Crippen LogP contribution in [0.3, 0.4) is 0 Å². The normalized spacial score (nSPS) is 11.2. The first-order valence-electron chi connectivity index (χ1n) is 5.84. The Morgan fingerprint density at radius 3 is 2.40 bits per heavy atom. The molecule has 0 fully saturated rings. The summed E-state index contributed by atoms with van der Waals surface area (Å²) in [5.74, 6) is 0. The zero-order chi connectivity index (χ0) is 14.7. The van der Waals surface area contributed by atoms with E-state index in [1.807, 2.05) is 37.3 Å². The topological polar surface area (TPSA) is 23.8 Å². The van der Waals surface area contributed by atoms with Crippen molar-refractivity contribution < 1.29 is 0 Å². The Hall–Kier alpha value is -1.08. The molecule has 100 valence electrons. The maximum Gasteiger partial charge on any atom is 0.0998 e. The monoisotopic (exact) mass is 409 g/mol. The van der Waals surface area contributed by atoms with Crippen molar-refractivity contribution in [2.75, 3.05) is 0 Å². The Balaban J connectivity index is 2.50. The predicted octanol–water partition coefficient (Wildman–Crippen LogP) is 6.24. The van der Waals surface area contributed by atoms with Crippen LogP contribution in [0.15, 0.2) is 45.3 Å². The van der Waals surface area contributed by atoms with Crippen LogP contribution in [0.25, 0.3) is 11.6 Å². The number of nitriles is 1. The van der Waals surface area contributed by atoms with Crippen LogP contribution in [0, 0.1) is 18.3 Å². The third kappa shape index (κ3) is 3.52. The number of allylic oxidation sites excluding steroid dienone is 1. The minimum absolute atomic E-state index is 0.579. The number of benzene rings is 2. The van der Waals surface area contributed by atoms with Gasteiger partial charge in [0.15, 0.2) is 0 Å². The summed E-state index contributed by atoms with van der Waals surface area (Å²) >= 11 is 13.0. The molecular weight excluding hydrogens is 401 g/mol. The Morgan fingerprint density at radius 2 is 1.85 bits per heavy atom. The molecule has 0 spiro atoms. The van der Waals surface area contributed by atoms with E-state index in [-0.39, 0.29) is 0 Å². The highest BCUT2D eigenvalue weighted by Crippen LogP contribution is 2.29. The fraction of sp³-hybridized carbons (Fsp3) is 0.0625. The highest BCUT2D eigenvalue weighted by atomic mass is 79.9. The molecule has 0 aromatic heterocycles. The largest absolute Gasteiger partial charge is 0.192 e. The van der Waals surface area contributed by atoms with Crippen molar-refractivity contribution in [2.24, 2.45) is 0 Å². The highest BCUT2D eigenvalue weighted by Gasteiger charge is 2.05. The van der Waals surface area contributed by atoms with Gasteiger partial charge in [-0.2, -0.15) is 5.26 Å². The first-order chi connectivity index (χ1) is 9.51. The molecule has 2 aromatic rings. The number of nitrogens with zero attached hydrogens (tertiary/aromatic N) is 1. The van der Waals surface area contributed by atoms with Crippen molar-refractivity contribution in [1.82, 2.24) is 0 Å². The summed E-state index contributed by atoms with van der Waals surface area (Å²) in [5, 5.41) is 9.96. The SMILES string of the molecule is Cc1c(Br)cc(/C=C(/C#N)c2cccc(Cl)c2)cc1Br. The number of halogens is 3. The molecule has 0 aliphatic rings. The molecule has 0 saturated carbocycles. The van der Waals surface area contributed by atoms with Crippen LogP contribution in [0.2, 0.25) is 5.02 Å². The molecule has 0 bridgehead atoms. The van der Waals surface area contributed by atoms with E-state index < -0.39 is 0 Å². The molecule has 0 aliphatic heterocycles. The van der Waals surface area contributed by atoms with Crippen molar-refractivity contribution in [2.45, 2.75) is 6.92 Å². The molecule has 0 atom stereocenters. The lowest BCUT2D eigenvalue weighted by Gasteiger charge is -2.05. The molecule has 1 nitrogen and oxygen atoms in total. The van der Waals surface area contributed by atoms with Crippen LogP contribution in [-0.4, -0.2) is 0 Å². The Labute approximate surface area is 140 Å². The molecule has 4 heteroatoms. The zero-order valence-electron chi connectivity index (χ0n) is 10.6. The second-order valence-electron chi connectivity index (χ2n) is 4.29. The van der Waals surface area contributed by atoms with Gasteiger partial charge >= 0.3 is 0 Å². The molecule has 0 N–H and O–H groups in total. The maximum atomic E-state index is 9.34. The highest BCUT2D eigenvalue weighted by molar-refractivity contribution is 9.11. The van der Waals surface area contributed by atoms with E-state index in [9.17, 15) is 5.26 Å². The fourth-order valence-electron chi connectivity index (χ4n) is 1.75. The first-order valence-corrected chi connectivity index (χ1v) is 7.81. The number of hydrogen-bond acceptors (Lipinski definition) is 1. The summed E-state index contributed by atoms with van der Waals surface area (Å²) < 4.78 is 2.00. The van der Waals surface area contributed by atoms with Crippen molar-refractivity contribution in [1.29, 1.82) is 5.26 Å². The van der Waals surface area contributed by atoms with Crippen molar-refractivity contribution >= 4 is 55.1 Å². The Bertz CT molecular complexity index is 706. The second-order valence-corrected chi connectivity index (χ2v) is 6.43. The van der Waals surface area contributed by atoms with Crippen molar-refractivity contribution in [3.63, 3.8) is 0 Å². The summed E-state index contributed by atoms with van der Waals surface area (Å²) in [5.41, 5.74) is 3.47. The van der Waals surface area contributed by atoms with Gasteiger partial charge in [-0.3, -0.25) is 0 Å². The predicted molar refractivity (Wildman–Crippen MR) is 91.5 cm³/mol. The van der Waals surface area contributed by atoms with Gasteiger partial charge < -0.3 is 0 Å². The Morgan fingerprint density at radius 1 is 1.20 bits per heavy atom. The molecule has 2 rings (SSSR count). The van der Waals surface area contributed by atoms with E-state index >= 15 is 0 Å². The third-order valence-electron chi connectivity index (χ3n) is 2.87. The summed E-state index contributed by atoms with van der Waals surface area (Å²) in [7, 11) is 0. The van der Waals surface area contributed by atoms with E-state index in [2.05, 4.69) is 37.9 Å². The van der Waals surface area contributed by atoms with Crippen LogP contribution >= 0.6 is 43.5 Å². The summed E-state index contributed by atoms with van der Waals surface area (Å²) in [6.07, 6.45) is 1.85. The smallest absolute Gasteiger partial charge is 0.0998 e. The minimum Gasteiger partial charge on any atom is -0.192 e. The van der Waals surface area contributed by atoms with Gasteiger partial charge in [0.05, 0.1) is 11.6 Å². The summed E-state index contributed by atoms with van der Waals surface area (Å²) in [6, 6.07) is 13.5. The lowest BCUT2D eigenvalue weighted by molar-refractivity contribution is 1.38. The van der Waals surface area contributed by atoms with Gasteiger partial charge in [0.2, 0.25) is 0 Å². The van der Waals surface area contributed by atoms with E-state index in [1.54, 1.807) is 12.1 Å². The molecule has 0 saturated heterocycles. The van der Waals surface area contributed by atoms with Crippen LogP contribution in [0.1, 0.15) is 16.7 Å². The van der Waals surface area contributed by atoms with E-state index in [0.29, 0.717) is 10.6 Å². The van der Waals surface area contributed by atoms with Gasteiger partial charge in [0, 0.05) is 14.0 Å². The second kappa shape index (κ2) is 6.58. The van der Waals surface area contributed by atoms with Gasteiger partial charge in [0.1, 0.15) is 0 Å². The lowest BCUT2D eigenvalue weighted by atomic mass is 10.0. The van der Waals surface area contributed by atoms with Gasteiger partial charge in [-0.25, -0.2) is 0 Å². The molecule has 20 heavy (non-hydrogen) atoms. The molecule has 0 amide bonds. The van der Waals surface area contributed by atoms with Gasteiger partial charge in [0.25, 0.3) is 0 Å². The van der Waals surface area contributed by atoms with E-state index in [1.165, 1.54) is 0 Å². The van der Waals surface area contributed by atoms with Crippen LogP contribution in [-0.2, 0) is 0 Å². The molecule has 0 heterocycles. The molecule has 0 unspecified atom stereocenters. The van der Waals surface area contributed by atoms with Gasteiger partial charge in [-0.15, -0.1) is 0 Å². The molecule has 0 aliphatic carbocycles. The minimum atomic E-state index is 0.579. The van der Waals surface area contributed by atoms with Crippen LogP contribution in [0.5, 0.6) is 0 Å². The van der Waals surface area contributed by atoms with Crippen molar-refractivity contribution in [3.05, 3.63) is 67.1 Å². The maximum absolute atomic E-state index is 9.34. The fourth-order valence-corrected chi connectivity index (χ4v) is 3.16. The summed E-state index contributed by atoms with van der Waals surface area (Å²) in [6.45, 7) is 2.02. The van der Waals surface area contributed by atoms with Gasteiger partial charge in [-0.05, 0) is 54.0 Å². The standard InChI is InChI=1S/C16H10Br2ClN/c1-10-15(17)6-11(7-16(10)18)5-13(9-20)12-3-2-4-14(19)8-12/h2-8H,1H3/b13-5-. The van der Waals surface area contributed by atoms with Crippen LogP contribution in [0.4, 0.5) is 0 Å². The molecular formula is C16H10Br2ClN. The third-order valence-corrected chi connectivity index (χ3v) is 4.75. The van der Waals surface area contributed by atoms with Crippen molar-refractivity contribution in [3.8, 4) is 6.07 Å². The lowest BCUT2D eigenvalue weighted by Crippen LogP contribution is -1.85. The zero-order valence-corrected chi connectivity index (χ0v) is 14.6. The van der Waals surface area contributed by atoms with E-state index in [4.69, 9.17) is 11.6 Å². The van der Waals surface area contributed by atoms with Crippen LogP contribution < -0.4 is 0 Å². The average molecular weight is 412 g/mol. The quantitative estimate of drug-likeness (QED) is 0.424. The number of rotatable bonds is 2.